The lowest BCUT2D eigenvalue weighted by Crippen LogP contribution is -2.43. The van der Waals surface area contributed by atoms with Crippen molar-refractivity contribution in [3.63, 3.8) is 0 Å². The highest BCUT2D eigenvalue weighted by molar-refractivity contribution is 7.90. The maximum atomic E-state index is 12.8. The van der Waals surface area contributed by atoms with E-state index in [4.69, 9.17) is 0 Å². The first-order valence-electron chi connectivity index (χ1n) is 9.04. The van der Waals surface area contributed by atoms with E-state index in [1.165, 1.54) is 10.4 Å². The summed E-state index contributed by atoms with van der Waals surface area (Å²) in [5.74, 6) is 0.282. The minimum Gasteiger partial charge on any atom is -0.269 e. The average Bonchev–Trinajstić information content (AvgIpc) is 3.03. The van der Waals surface area contributed by atoms with Crippen LogP contribution >= 0.6 is 0 Å². The van der Waals surface area contributed by atoms with Gasteiger partial charge < -0.3 is 0 Å². The topological polar surface area (TPSA) is 54.5 Å². The zero-order valence-corrected chi connectivity index (χ0v) is 15.6. The summed E-state index contributed by atoms with van der Waals surface area (Å²) >= 11 is 0. The third kappa shape index (κ3) is 2.31. The Kier molecular flexibility index (Phi) is 3.66. The summed E-state index contributed by atoms with van der Waals surface area (Å²) in [4.78, 5) is 12.7. The zero-order chi connectivity index (χ0) is 17.9. The number of fused-ring (bicyclic) bond motifs is 1. The van der Waals surface area contributed by atoms with Crippen LogP contribution in [0.5, 0.6) is 0 Å². The Bertz CT molecular complexity index is 828. The third-order valence-corrected chi connectivity index (χ3v) is 9.00. The molecular formula is C20H25NO3S. The van der Waals surface area contributed by atoms with Crippen LogP contribution in [0.25, 0.3) is 0 Å². The number of nitrogens with zero attached hydrogens (tertiary/aromatic N) is 1. The van der Waals surface area contributed by atoms with Gasteiger partial charge in [0.1, 0.15) is 0 Å². The normalized spacial score (nSPS) is 34.6. The number of carbonyl (C=O) groups excluding carboxylic acids is 1. The van der Waals surface area contributed by atoms with Crippen molar-refractivity contribution in [2.75, 3.05) is 5.75 Å². The molecule has 1 aliphatic heterocycles. The average molecular weight is 359 g/mol. The van der Waals surface area contributed by atoms with Gasteiger partial charge in [-0.1, -0.05) is 50.3 Å². The summed E-state index contributed by atoms with van der Waals surface area (Å²) in [5.41, 5.74) is 0.848. The van der Waals surface area contributed by atoms with Crippen LogP contribution in [0.1, 0.15) is 38.7 Å². The molecule has 1 amide bonds. The Morgan fingerprint density at radius 1 is 1.28 bits per heavy atom. The van der Waals surface area contributed by atoms with Crippen molar-refractivity contribution in [3.8, 4) is 0 Å². The maximum absolute atomic E-state index is 12.8. The third-order valence-electron chi connectivity index (χ3n) is 7.09. The second-order valence-corrected chi connectivity index (χ2v) is 10.2. The van der Waals surface area contributed by atoms with E-state index in [2.05, 4.69) is 13.8 Å². The molecule has 0 radical (unpaired) electrons. The van der Waals surface area contributed by atoms with E-state index < -0.39 is 10.0 Å². The van der Waals surface area contributed by atoms with Crippen LogP contribution in [0, 0.1) is 16.7 Å². The SMILES string of the molecule is CC1(C)[C@H]2CC[C@@]13CS(=O)(=O)N(C(=O)/C=C/Cc1ccccc1)[C@@H]3C2. The molecule has 2 bridgehead atoms. The summed E-state index contributed by atoms with van der Waals surface area (Å²) in [6, 6.07) is 9.70. The van der Waals surface area contributed by atoms with Crippen molar-refractivity contribution in [1.82, 2.24) is 4.31 Å². The van der Waals surface area contributed by atoms with Gasteiger partial charge in [0.2, 0.25) is 10.0 Å². The van der Waals surface area contributed by atoms with Gasteiger partial charge in [0.25, 0.3) is 5.91 Å². The predicted molar refractivity (Wildman–Crippen MR) is 97.3 cm³/mol. The molecule has 1 saturated heterocycles. The Morgan fingerprint density at radius 3 is 2.68 bits per heavy atom. The number of allylic oxidation sites excluding steroid dienone is 1. The Hall–Kier alpha value is -1.62. The first-order chi connectivity index (χ1) is 11.8. The molecule has 3 aliphatic rings. The van der Waals surface area contributed by atoms with E-state index in [-0.39, 0.29) is 28.5 Å². The fraction of sp³-hybridized carbons (Fsp3) is 0.550. The van der Waals surface area contributed by atoms with Gasteiger partial charge in [0, 0.05) is 11.5 Å². The van der Waals surface area contributed by atoms with Gasteiger partial charge in [-0.25, -0.2) is 12.7 Å². The lowest BCUT2D eigenvalue weighted by Gasteiger charge is -2.36. The summed E-state index contributed by atoms with van der Waals surface area (Å²) < 4.78 is 26.8. The van der Waals surface area contributed by atoms with Crippen LogP contribution in [0.4, 0.5) is 0 Å². The monoisotopic (exact) mass is 359 g/mol. The smallest absolute Gasteiger partial charge is 0.260 e. The Balaban J connectivity index is 1.57. The Labute approximate surface area is 150 Å². The molecule has 25 heavy (non-hydrogen) atoms. The molecule has 5 heteroatoms. The highest BCUT2D eigenvalue weighted by atomic mass is 32.2. The standard InChI is InChI=1S/C20H25NO3S/c1-19(2)16-11-12-20(19)14-25(23,24)21(17(20)13-16)18(22)10-6-9-15-7-4-3-5-8-15/h3-8,10,16-17H,9,11-14H2,1-2H3/b10-6+/t16-,17+,20-/m0/s1. The minimum absolute atomic E-state index is 0.00643. The number of amides is 1. The highest BCUT2D eigenvalue weighted by Gasteiger charge is 2.72. The molecule has 1 heterocycles. The van der Waals surface area contributed by atoms with E-state index in [1.807, 2.05) is 30.3 Å². The molecule has 3 atom stereocenters. The van der Waals surface area contributed by atoms with Gasteiger partial charge in [0.05, 0.1) is 11.8 Å². The maximum Gasteiger partial charge on any atom is 0.260 e. The molecule has 0 aromatic heterocycles. The van der Waals surface area contributed by atoms with Gasteiger partial charge >= 0.3 is 0 Å². The molecule has 1 spiro atoms. The van der Waals surface area contributed by atoms with Crippen LogP contribution in [0.2, 0.25) is 0 Å². The molecule has 2 saturated carbocycles. The molecule has 4 nitrogen and oxygen atoms in total. The molecular weight excluding hydrogens is 334 g/mol. The van der Waals surface area contributed by atoms with Crippen molar-refractivity contribution in [1.29, 1.82) is 0 Å². The fourth-order valence-corrected chi connectivity index (χ4v) is 8.07. The first kappa shape index (κ1) is 16.8. The molecule has 2 aliphatic carbocycles. The molecule has 0 N–H and O–H groups in total. The summed E-state index contributed by atoms with van der Waals surface area (Å²) in [6.45, 7) is 4.39. The van der Waals surface area contributed by atoms with Crippen molar-refractivity contribution < 1.29 is 13.2 Å². The highest BCUT2D eigenvalue weighted by Crippen LogP contribution is 2.69. The van der Waals surface area contributed by atoms with Crippen LogP contribution in [-0.4, -0.2) is 30.4 Å². The molecule has 134 valence electrons. The fourth-order valence-electron chi connectivity index (χ4n) is 5.56. The number of benzene rings is 1. The molecule has 4 rings (SSSR count). The second kappa shape index (κ2) is 5.44. The number of sulfonamides is 1. The molecule has 3 fully saturated rings. The van der Waals surface area contributed by atoms with Crippen molar-refractivity contribution in [2.45, 2.75) is 45.6 Å². The van der Waals surface area contributed by atoms with Crippen LogP contribution in [0.15, 0.2) is 42.5 Å². The van der Waals surface area contributed by atoms with E-state index in [1.54, 1.807) is 6.08 Å². The van der Waals surface area contributed by atoms with Crippen molar-refractivity contribution in [3.05, 3.63) is 48.0 Å². The van der Waals surface area contributed by atoms with Gasteiger partial charge in [0.15, 0.2) is 0 Å². The van der Waals surface area contributed by atoms with Crippen LogP contribution in [0.3, 0.4) is 0 Å². The number of carbonyl (C=O) groups is 1. The van der Waals surface area contributed by atoms with Crippen molar-refractivity contribution >= 4 is 15.9 Å². The lowest BCUT2D eigenvalue weighted by molar-refractivity contribution is -0.124. The van der Waals surface area contributed by atoms with Gasteiger partial charge in [-0.2, -0.15) is 0 Å². The summed E-state index contributed by atoms with van der Waals surface area (Å²) in [5, 5.41) is 0. The lowest BCUT2D eigenvalue weighted by atomic mass is 9.69. The first-order valence-corrected chi connectivity index (χ1v) is 10.7. The van der Waals surface area contributed by atoms with Gasteiger partial charge in [-0.15, -0.1) is 0 Å². The zero-order valence-electron chi connectivity index (χ0n) is 14.8. The number of rotatable bonds is 3. The van der Waals surface area contributed by atoms with Crippen LogP contribution < -0.4 is 0 Å². The van der Waals surface area contributed by atoms with E-state index in [0.717, 1.165) is 24.8 Å². The largest absolute Gasteiger partial charge is 0.269 e. The minimum atomic E-state index is -3.52. The molecule has 1 aromatic rings. The number of hydrogen-bond donors (Lipinski definition) is 0. The van der Waals surface area contributed by atoms with Crippen molar-refractivity contribution in [2.24, 2.45) is 16.7 Å². The second-order valence-electron chi connectivity index (χ2n) is 8.35. The van der Waals surface area contributed by atoms with E-state index >= 15 is 0 Å². The summed E-state index contributed by atoms with van der Waals surface area (Å²) in [6.07, 6.45) is 6.69. The predicted octanol–water partition coefficient (Wildman–Crippen LogP) is 3.15. The van der Waals surface area contributed by atoms with Crippen LogP contribution in [-0.2, 0) is 21.2 Å². The van der Waals surface area contributed by atoms with E-state index in [0.29, 0.717) is 12.3 Å². The Morgan fingerprint density at radius 2 is 2.00 bits per heavy atom. The number of hydrogen-bond acceptors (Lipinski definition) is 3. The van der Waals surface area contributed by atoms with Gasteiger partial charge in [-0.05, 0) is 42.6 Å². The summed E-state index contributed by atoms with van der Waals surface area (Å²) in [7, 11) is -3.52. The quantitative estimate of drug-likeness (QED) is 0.779. The van der Waals surface area contributed by atoms with Gasteiger partial charge in [-0.3, -0.25) is 4.79 Å². The molecule has 0 unspecified atom stereocenters. The molecule has 1 aromatic carbocycles. The van der Waals surface area contributed by atoms with E-state index in [9.17, 15) is 13.2 Å².